The van der Waals surface area contributed by atoms with E-state index in [9.17, 15) is 14.5 Å². The van der Waals surface area contributed by atoms with Gasteiger partial charge in [-0.3, -0.25) is 10.1 Å². The fourth-order valence-electron chi connectivity index (χ4n) is 1.74. The van der Waals surface area contributed by atoms with Crippen LogP contribution in [0.2, 0.25) is 0 Å². The molecule has 0 saturated carbocycles. The largest absolute Gasteiger partial charge is 0.482 e. The Hall–Kier alpha value is -2.47. The van der Waals surface area contributed by atoms with Crippen LogP contribution < -0.4 is 10.5 Å². The van der Waals surface area contributed by atoms with Crippen LogP contribution in [0.4, 0.5) is 10.1 Å². The molecule has 0 amide bonds. The second kappa shape index (κ2) is 6.12. The number of ether oxygens (including phenoxy) is 1. The molecule has 0 heterocycles. The fourth-order valence-corrected chi connectivity index (χ4v) is 1.74. The summed E-state index contributed by atoms with van der Waals surface area (Å²) in [5.41, 5.74) is 6.68. The average molecular weight is 276 g/mol. The van der Waals surface area contributed by atoms with Crippen LogP contribution in [-0.2, 0) is 13.2 Å². The third-order valence-electron chi connectivity index (χ3n) is 2.74. The van der Waals surface area contributed by atoms with Crippen LogP contribution in [0, 0.1) is 15.9 Å². The molecule has 104 valence electrons. The van der Waals surface area contributed by atoms with Crippen LogP contribution in [0.3, 0.4) is 0 Å². The van der Waals surface area contributed by atoms with Crippen molar-refractivity contribution in [2.75, 3.05) is 0 Å². The van der Waals surface area contributed by atoms with E-state index < -0.39 is 4.92 Å². The van der Waals surface area contributed by atoms with Gasteiger partial charge in [0.25, 0.3) is 0 Å². The van der Waals surface area contributed by atoms with Gasteiger partial charge in [-0.05, 0) is 29.3 Å². The van der Waals surface area contributed by atoms with Crippen molar-refractivity contribution >= 4 is 5.69 Å². The Balaban J connectivity index is 2.21. The molecule has 0 aromatic heterocycles. The van der Waals surface area contributed by atoms with Gasteiger partial charge in [-0.15, -0.1) is 0 Å². The minimum Gasteiger partial charge on any atom is -0.482 e. The molecule has 0 aliphatic heterocycles. The molecule has 2 aromatic carbocycles. The molecular formula is C14H13FN2O3. The zero-order chi connectivity index (χ0) is 14.5. The third kappa shape index (κ3) is 3.30. The van der Waals surface area contributed by atoms with Crippen molar-refractivity contribution in [3.8, 4) is 5.75 Å². The summed E-state index contributed by atoms with van der Waals surface area (Å²) < 4.78 is 18.5. The second-order valence-electron chi connectivity index (χ2n) is 4.18. The van der Waals surface area contributed by atoms with E-state index >= 15 is 0 Å². The third-order valence-corrected chi connectivity index (χ3v) is 2.74. The molecule has 0 fully saturated rings. The maximum atomic E-state index is 13.0. The van der Waals surface area contributed by atoms with E-state index in [0.717, 1.165) is 5.56 Å². The van der Waals surface area contributed by atoms with E-state index in [1.54, 1.807) is 18.2 Å². The van der Waals surface area contributed by atoms with Gasteiger partial charge in [0.15, 0.2) is 5.75 Å². The molecule has 6 heteroatoms. The second-order valence-corrected chi connectivity index (χ2v) is 4.18. The lowest BCUT2D eigenvalue weighted by molar-refractivity contribution is -0.386. The zero-order valence-electron chi connectivity index (χ0n) is 10.6. The predicted molar refractivity (Wildman–Crippen MR) is 71.7 cm³/mol. The Kier molecular flexibility index (Phi) is 4.27. The molecule has 20 heavy (non-hydrogen) atoms. The van der Waals surface area contributed by atoms with E-state index in [1.165, 1.54) is 24.3 Å². The van der Waals surface area contributed by atoms with Gasteiger partial charge in [0.05, 0.1) is 4.92 Å². The van der Waals surface area contributed by atoms with Crippen LogP contribution >= 0.6 is 0 Å². The molecule has 0 bridgehead atoms. The topological polar surface area (TPSA) is 78.4 Å². The Morgan fingerprint density at radius 2 is 2.00 bits per heavy atom. The summed E-state index contributed by atoms with van der Waals surface area (Å²) in [5, 5.41) is 10.9. The Morgan fingerprint density at radius 3 is 2.65 bits per heavy atom. The molecule has 0 unspecified atom stereocenters. The molecule has 2 rings (SSSR count). The zero-order valence-corrected chi connectivity index (χ0v) is 10.6. The maximum Gasteiger partial charge on any atom is 0.310 e. The lowest BCUT2D eigenvalue weighted by Crippen LogP contribution is -2.02. The van der Waals surface area contributed by atoms with Gasteiger partial charge in [0.1, 0.15) is 12.4 Å². The average Bonchev–Trinajstić information content (AvgIpc) is 2.44. The maximum absolute atomic E-state index is 13.0. The molecule has 2 aromatic rings. The van der Waals surface area contributed by atoms with Crippen LogP contribution in [0.1, 0.15) is 11.1 Å². The molecule has 0 aliphatic carbocycles. The number of halogens is 1. The number of benzene rings is 2. The first-order valence-corrected chi connectivity index (χ1v) is 5.95. The molecule has 0 saturated heterocycles. The molecular weight excluding hydrogens is 263 g/mol. The normalized spacial score (nSPS) is 10.3. The summed E-state index contributed by atoms with van der Waals surface area (Å²) in [6, 6.07) is 10.3. The lowest BCUT2D eigenvalue weighted by Gasteiger charge is -2.08. The van der Waals surface area contributed by atoms with Gasteiger partial charge >= 0.3 is 5.69 Å². The van der Waals surface area contributed by atoms with Crippen molar-refractivity contribution in [1.29, 1.82) is 0 Å². The molecule has 2 N–H and O–H groups in total. The van der Waals surface area contributed by atoms with E-state index in [2.05, 4.69) is 0 Å². The van der Waals surface area contributed by atoms with Gasteiger partial charge in [-0.2, -0.15) is 0 Å². The van der Waals surface area contributed by atoms with E-state index in [1.807, 2.05) is 0 Å². The SMILES string of the molecule is NCc1ccc([N+](=O)[O-])c(OCc2cccc(F)c2)c1. The highest BCUT2D eigenvalue weighted by atomic mass is 19.1. The van der Waals surface area contributed by atoms with Gasteiger partial charge in [0, 0.05) is 12.6 Å². The molecule has 0 atom stereocenters. The van der Waals surface area contributed by atoms with E-state index in [4.69, 9.17) is 10.5 Å². The summed E-state index contributed by atoms with van der Waals surface area (Å²) in [4.78, 5) is 10.4. The lowest BCUT2D eigenvalue weighted by atomic mass is 10.2. The predicted octanol–water partition coefficient (Wildman–Crippen LogP) is 2.77. The molecule has 0 spiro atoms. The monoisotopic (exact) mass is 276 g/mol. The molecule has 5 nitrogen and oxygen atoms in total. The number of nitro groups is 1. The fraction of sp³-hybridized carbons (Fsp3) is 0.143. The summed E-state index contributed by atoms with van der Waals surface area (Å²) in [5.74, 6) is -0.251. The summed E-state index contributed by atoms with van der Waals surface area (Å²) in [6.07, 6.45) is 0. The van der Waals surface area contributed by atoms with Crippen molar-refractivity contribution in [2.45, 2.75) is 13.2 Å². The minimum absolute atomic E-state index is 0.0482. The number of nitrogens with two attached hydrogens (primary N) is 1. The Labute approximate surface area is 114 Å². The first-order valence-electron chi connectivity index (χ1n) is 5.95. The standard InChI is InChI=1S/C14H13FN2O3/c15-12-3-1-2-11(6-12)9-20-14-7-10(8-16)4-5-13(14)17(18)19/h1-7H,8-9,16H2. The molecule has 0 aliphatic rings. The first kappa shape index (κ1) is 14.0. The van der Waals surface area contributed by atoms with Crippen LogP contribution in [0.25, 0.3) is 0 Å². The quantitative estimate of drug-likeness (QED) is 0.672. The van der Waals surface area contributed by atoms with Gasteiger partial charge in [-0.1, -0.05) is 18.2 Å². The number of nitro benzene ring substituents is 1. The molecule has 0 radical (unpaired) electrons. The van der Waals surface area contributed by atoms with Crippen molar-refractivity contribution in [2.24, 2.45) is 5.73 Å². The highest BCUT2D eigenvalue weighted by Gasteiger charge is 2.15. The van der Waals surface area contributed by atoms with Crippen LogP contribution in [0.5, 0.6) is 5.75 Å². The van der Waals surface area contributed by atoms with Crippen molar-refractivity contribution < 1.29 is 14.1 Å². The van der Waals surface area contributed by atoms with E-state index in [-0.39, 0.29) is 30.4 Å². The van der Waals surface area contributed by atoms with Crippen LogP contribution in [0.15, 0.2) is 42.5 Å². The highest BCUT2D eigenvalue weighted by Crippen LogP contribution is 2.28. The van der Waals surface area contributed by atoms with E-state index in [0.29, 0.717) is 5.56 Å². The van der Waals surface area contributed by atoms with Crippen LogP contribution in [-0.4, -0.2) is 4.92 Å². The number of nitrogens with zero attached hydrogens (tertiary/aromatic N) is 1. The Bertz CT molecular complexity index is 632. The number of rotatable bonds is 5. The van der Waals surface area contributed by atoms with Gasteiger partial charge in [0.2, 0.25) is 0 Å². The van der Waals surface area contributed by atoms with Crippen molar-refractivity contribution in [1.82, 2.24) is 0 Å². The van der Waals surface area contributed by atoms with Crippen molar-refractivity contribution in [3.63, 3.8) is 0 Å². The summed E-state index contributed by atoms with van der Waals surface area (Å²) in [6.45, 7) is 0.306. The number of hydrogen-bond donors (Lipinski definition) is 1. The van der Waals surface area contributed by atoms with Crippen molar-refractivity contribution in [3.05, 3.63) is 69.5 Å². The van der Waals surface area contributed by atoms with Gasteiger partial charge < -0.3 is 10.5 Å². The first-order chi connectivity index (χ1) is 9.60. The highest BCUT2D eigenvalue weighted by molar-refractivity contribution is 5.48. The Morgan fingerprint density at radius 1 is 1.20 bits per heavy atom. The smallest absolute Gasteiger partial charge is 0.310 e. The number of hydrogen-bond acceptors (Lipinski definition) is 4. The summed E-state index contributed by atoms with van der Waals surface area (Å²) in [7, 11) is 0. The van der Waals surface area contributed by atoms with Gasteiger partial charge in [-0.25, -0.2) is 4.39 Å². The minimum atomic E-state index is -0.527. The summed E-state index contributed by atoms with van der Waals surface area (Å²) >= 11 is 0.